The zero-order valence-electron chi connectivity index (χ0n) is 16.8. The van der Waals surface area contributed by atoms with Crippen molar-refractivity contribution < 1.29 is 0 Å². The van der Waals surface area contributed by atoms with Gasteiger partial charge in [0.1, 0.15) is 0 Å². The first-order valence-electron chi connectivity index (χ1n) is 10.6. The van der Waals surface area contributed by atoms with Gasteiger partial charge in [0.25, 0.3) is 0 Å². The van der Waals surface area contributed by atoms with Gasteiger partial charge in [-0.25, -0.2) is 0 Å². The Morgan fingerprint density at radius 3 is 1.13 bits per heavy atom. The van der Waals surface area contributed by atoms with E-state index in [2.05, 4.69) is 109 Å². The van der Waals surface area contributed by atoms with Gasteiger partial charge in [-0.15, -0.1) is 0 Å². The summed E-state index contributed by atoms with van der Waals surface area (Å²) in [5.74, 6) is 0. The van der Waals surface area contributed by atoms with E-state index in [1.807, 2.05) is 0 Å². The van der Waals surface area contributed by atoms with Crippen molar-refractivity contribution in [3.63, 3.8) is 0 Å². The van der Waals surface area contributed by atoms with Gasteiger partial charge in [-0.2, -0.15) is 0 Å². The van der Waals surface area contributed by atoms with E-state index < -0.39 is 0 Å². The number of hydrogen-bond donors (Lipinski definition) is 0. The standard InChI is InChI=1S/C30H22/c1-2-6-26-18-29(17-25(26)5-1)23-13-9-21(10-14-23)22-11-15-24(16-12-22)30-19-27-7-3-4-8-28(27)20-30/h1-17,19H,18,20H2. The summed E-state index contributed by atoms with van der Waals surface area (Å²) >= 11 is 0. The molecule has 0 spiro atoms. The first-order valence-corrected chi connectivity index (χ1v) is 10.6. The predicted octanol–water partition coefficient (Wildman–Crippen LogP) is 7.55. The van der Waals surface area contributed by atoms with Crippen molar-refractivity contribution in [3.05, 3.63) is 130 Å². The number of hydrogen-bond acceptors (Lipinski definition) is 0. The topological polar surface area (TPSA) is 0 Å². The van der Waals surface area contributed by atoms with Crippen LogP contribution in [0, 0.1) is 0 Å². The Bertz CT molecular complexity index is 1190. The predicted molar refractivity (Wildman–Crippen MR) is 128 cm³/mol. The maximum atomic E-state index is 2.33. The molecule has 0 atom stereocenters. The highest BCUT2D eigenvalue weighted by Crippen LogP contribution is 2.34. The summed E-state index contributed by atoms with van der Waals surface area (Å²) in [6, 6.07) is 35.4. The van der Waals surface area contributed by atoms with Gasteiger partial charge in [0, 0.05) is 0 Å². The molecule has 0 amide bonds. The second-order valence-corrected chi connectivity index (χ2v) is 8.25. The molecule has 0 aliphatic heterocycles. The van der Waals surface area contributed by atoms with Crippen molar-refractivity contribution in [3.8, 4) is 11.1 Å². The smallest absolute Gasteiger partial charge is 0.00137 e. The first-order chi connectivity index (χ1) is 14.8. The number of rotatable bonds is 3. The average molecular weight is 383 g/mol. The maximum absolute atomic E-state index is 2.33. The number of allylic oxidation sites excluding steroid dienone is 2. The minimum Gasteiger partial charge on any atom is -0.0619 e. The lowest BCUT2D eigenvalue weighted by Crippen LogP contribution is -1.87. The Morgan fingerprint density at radius 1 is 0.367 bits per heavy atom. The molecular formula is C30H22. The molecule has 0 fully saturated rings. The molecule has 0 unspecified atom stereocenters. The second kappa shape index (κ2) is 7.00. The van der Waals surface area contributed by atoms with E-state index in [0.717, 1.165) is 12.8 Å². The summed E-state index contributed by atoms with van der Waals surface area (Å²) in [6.07, 6.45) is 6.71. The molecule has 0 saturated heterocycles. The van der Waals surface area contributed by atoms with Crippen molar-refractivity contribution in [2.24, 2.45) is 0 Å². The largest absolute Gasteiger partial charge is 0.0619 e. The highest BCUT2D eigenvalue weighted by atomic mass is 14.2. The summed E-state index contributed by atoms with van der Waals surface area (Å²) in [5.41, 5.74) is 13.6. The molecule has 4 aromatic carbocycles. The fourth-order valence-electron chi connectivity index (χ4n) is 4.68. The number of benzene rings is 4. The highest BCUT2D eigenvalue weighted by Gasteiger charge is 2.15. The van der Waals surface area contributed by atoms with E-state index in [1.54, 1.807) is 0 Å². The van der Waals surface area contributed by atoms with Crippen LogP contribution in [0.1, 0.15) is 33.4 Å². The van der Waals surface area contributed by atoms with Crippen LogP contribution in [0.4, 0.5) is 0 Å². The third-order valence-corrected chi connectivity index (χ3v) is 6.38. The van der Waals surface area contributed by atoms with E-state index in [4.69, 9.17) is 0 Å². The zero-order valence-corrected chi connectivity index (χ0v) is 16.8. The van der Waals surface area contributed by atoms with Crippen LogP contribution in [-0.4, -0.2) is 0 Å². The second-order valence-electron chi connectivity index (χ2n) is 8.25. The molecule has 4 aromatic rings. The molecule has 142 valence electrons. The van der Waals surface area contributed by atoms with E-state index in [0.29, 0.717) is 0 Å². The van der Waals surface area contributed by atoms with Gasteiger partial charge in [0.15, 0.2) is 0 Å². The van der Waals surface area contributed by atoms with Crippen LogP contribution in [-0.2, 0) is 12.8 Å². The van der Waals surface area contributed by atoms with Crippen LogP contribution in [0.2, 0.25) is 0 Å². The van der Waals surface area contributed by atoms with Gasteiger partial charge in [-0.05, 0) is 68.5 Å². The third kappa shape index (κ3) is 3.02. The van der Waals surface area contributed by atoms with Crippen LogP contribution in [0.25, 0.3) is 34.4 Å². The fraction of sp³-hybridized carbons (Fsp3) is 0.0667. The molecule has 0 radical (unpaired) electrons. The average Bonchev–Trinajstić information content (AvgIpc) is 3.44. The molecule has 0 nitrogen and oxygen atoms in total. The van der Waals surface area contributed by atoms with Crippen LogP contribution >= 0.6 is 0 Å². The molecule has 0 heterocycles. The van der Waals surface area contributed by atoms with Crippen LogP contribution in [0.5, 0.6) is 0 Å². The van der Waals surface area contributed by atoms with Gasteiger partial charge in [0.05, 0.1) is 0 Å². The van der Waals surface area contributed by atoms with Gasteiger partial charge < -0.3 is 0 Å². The molecule has 0 saturated carbocycles. The molecule has 0 N–H and O–H groups in total. The molecule has 2 aliphatic carbocycles. The SMILES string of the molecule is C1=C(c2ccc(-c3ccc(C4=Cc5ccccc5C4)cc3)cc2)Cc2ccccc21. The summed E-state index contributed by atoms with van der Waals surface area (Å²) in [6.45, 7) is 0. The molecule has 30 heavy (non-hydrogen) atoms. The Labute approximate surface area is 177 Å². The van der Waals surface area contributed by atoms with Gasteiger partial charge in [-0.3, -0.25) is 0 Å². The van der Waals surface area contributed by atoms with Crippen molar-refractivity contribution in [2.45, 2.75) is 12.8 Å². The fourth-order valence-corrected chi connectivity index (χ4v) is 4.68. The minimum absolute atomic E-state index is 1.03. The third-order valence-electron chi connectivity index (χ3n) is 6.38. The van der Waals surface area contributed by atoms with E-state index in [-0.39, 0.29) is 0 Å². The zero-order chi connectivity index (χ0) is 19.9. The molecule has 0 bridgehead atoms. The van der Waals surface area contributed by atoms with Crippen LogP contribution in [0.15, 0.2) is 97.1 Å². The molecular weight excluding hydrogens is 360 g/mol. The van der Waals surface area contributed by atoms with E-state index in [1.165, 1.54) is 55.7 Å². The molecule has 0 aromatic heterocycles. The summed E-state index contributed by atoms with van der Waals surface area (Å²) in [7, 11) is 0. The number of fused-ring (bicyclic) bond motifs is 2. The van der Waals surface area contributed by atoms with Gasteiger partial charge in [-0.1, -0.05) is 109 Å². The molecule has 0 heteroatoms. The lowest BCUT2D eigenvalue weighted by atomic mass is 9.97. The lowest BCUT2D eigenvalue weighted by molar-refractivity contribution is 1.31. The highest BCUT2D eigenvalue weighted by molar-refractivity contribution is 5.90. The summed E-state index contributed by atoms with van der Waals surface area (Å²) < 4.78 is 0. The normalized spacial score (nSPS) is 14.1. The quantitative estimate of drug-likeness (QED) is 0.343. The van der Waals surface area contributed by atoms with Crippen molar-refractivity contribution in [1.82, 2.24) is 0 Å². The monoisotopic (exact) mass is 382 g/mol. The molecule has 2 aliphatic rings. The summed E-state index contributed by atoms with van der Waals surface area (Å²) in [4.78, 5) is 0. The maximum Gasteiger partial charge on any atom is -0.00137 e. The Kier molecular flexibility index (Phi) is 4.02. The van der Waals surface area contributed by atoms with Gasteiger partial charge in [0.2, 0.25) is 0 Å². The van der Waals surface area contributed by atoms with Crippen LogP contribution < -0.4 is 0 Å². The Balaban J connectivity index is 1.22. The molecule has 6 rings (SSSR count). The van der Waals surface area contributed by atoms with E-state index >= 15 is 0 Å². The van der Waals surface area contributed by atoms with Crippen LogP contribution in [0.3, 0.4) is 0 Å². The van der Waals surface area contributed by atoms with Gasteiger partial charge >= 0.3 is 0 Å². The Hall–Kier alpha value is -3.64. The van der Waals surface area contributed by atoms with Crippen molar-refractivity contribution in [1.29, 1.82) is 0 Å². The van der Waals surface area contributed by atoms with Crippen molar-refractivity contribution in [2.75, 3.05) is 0 Å². The lowest BCUT2D eigenvalue weighted by Gasteiger charge is -2.08. The minimum atomic E-state index is 1.03. The Morgan fingerprint density at radius 2 is 0.733 bits per heavy atom. The first kappa shape index (κ1) is 17.2. The van der Waals surface area contributed by atoms with Crippen molar-refractivity contribution >= 4 is 23.3 Å². The summed E-state index contributed by atoms with van der Waals surface area (Å²) in [5, 5.41) is 0. The van der Waals surface area contributed by atoms with E-state index in [9.17, 15) is 0 Å².